The molecule has 0 unspecified atom stereocenters. The molecule has 0 aromatic rings. The summed E-state index contributed by atoms with van der Waals surface area (Å²) in [7, 11) is 1.67. The number of rotatable bonds is 6. The van der Waals surface area contributed by atoms with Crippen LogP contribution in [0.1, 0.15) is 19.3 Å². The van der Waals surface area contributed by atoms with Crippen LogP contribution in [0.4, 0.5) is 0 Å². The first-order valence-electron chi connectivity index (χ1n) is 5.20. The van der Waals surface area contributed by atoms with Crippen molar-refractivity contribution in [1.82, 2.24) is 0 Å². The molecule has 0 bridgehead atoms. The van der Waals surface area contributed by atoms with Crippen molar-refractivity contribution in [2.24, 2.45) is 5.73 Å². The van der Waals surface area contributed by atoms with Crippen molar-refractivity contribution in [2.75, 3.05) is 40.1 Å². The van der Waals surface area contributed by atoms with Crippen LogP contribution in [0.25, 0.3) is 0 Å². The zero-order valence-corrected chi connectivity index (χ0v) is 8.96. The van der Waals surface area contributed by atoms with Crippen molar-refractivity contribution < 1.29 is 14.2 Å². The minimum Gasteiger partial charge on any atom is -0.382 e. The lowest BCUT2D eigenvalue weighted by atomic mass is 9.88. The van der Waals surface area contributed by atoms with Crippen LogP contribution in [0.2, 0.25) is 0 Å². The Morgan fingerprint density at radius 2 is 1.93 bits per heavy atom. The second-order valence-electron chi connectivity index (χ2n) is 3.83. The maximum atomic E-state index is 6.18. The lowest BCUT2D eigenvalue weighted by Gasteiger charge is -2.33. The molecule has 1 aliphatic rings. The highest BCUT2D eigenvalue weighted by molar-refractivity contribution is 4.85. The van der Waals surface area contributed by atoms with Crippen LogP contribution in [0.5, 0.6) is 0 Å². The van der Waals surface area contributed by atoms with E-state index >= 15 is 0 Å². The van der Waals surface area contributed by atoms with Crippen LogP contribution in [-0.4, -0.2) is 45.7 Å². The monoisotopic (exact) mass is 203 g/mol. The van der Waals surface area contributed by atoms with Gasteiger partial charge in [-0.05, 0) is 19.3 Å². The molecule has 1 aliphatic heterocycles. The average molecular weight is 203 g/mol. The van der Waals surface area contributed by atoms with E-state index in [1.54, 1.807) is 7.11 Å². The van der Waals surface area contributed by atoms with Gasteiger partial charge in [-0.2, -0.15) is 0 Å². The Hall–Kier alpha value is -0.160. The molecule has 1 fully saturated rings. The molecule has 84 valence electrons. The normalized spacial score (nSPS) is 21.0. The summed E-state index contributed by atoms with van der Waals surface area (Å²) in [5.41, 5.74) is 6.12. The molecule has 14 heavy (non-hydrogen) atoms. The zero-order chi connectivity index (χ0) is 10.3. The fourth-order valence-corrected chi connectivity index (χ4v) is 1.55. The van der Waals surface area contributed by atoms with Gasteiger partial charge in [-0.3, -0.25) is 0 Å². The number of hydrogen-bond acceptors (Lipinski definition) is 4. The summed E-state index contributed by atoms with van der Waals surface area (Å²) >= 11 is 0. The van der Waals surface area contributed by atoms with Gasteiger partial charge in [-0.1, -0.05) is 0 Å². The van der Waals surface area contributed by atoms with Crippen molar-refractivity contribution in [3.05, 3.63) is 0 Å². The predicted molar refractivity (Wildman–Crippen MR) is 54.3 cm³/mol. The first kappa shape index (κ1) is 11.9. The van der Waals surface area contributed by atoms with Gasteiger partial charge in [0.25, 0.3) is 0 Å². The summed E-state index contributed by atoms with van der Waals surface area (Å²) in [5.74, 6) is 0. The molecule has 0 aromatic heterocycles. The SMILES string of the molecule is COCCOCCC1(N)CCOCC1. The Bertz CT molecular complexity index is 146. The molecule has 1 saturated heterocycles. The Morgan fingerprint density at radius 3 is 2.57 bits per heavy atom. The Labute approximate surface area is 85.7 Å². The molecule has 4 nitrogen and oxygen atoms in total. The van der Waals surface area contributed by atoms with Crippen molar-refractivity contribution in [3.8, 4) is 0 Å². The maximum Gasteiger partial charge on any atom is 0.0700 e. The van der Waals surface area contributed by atoms with Crippen molar-refractivity contribution in [3.63, 3.8) is 0 Å². The highest BCUT2D eigenvalue weighted by atomic mass is 16.5. The van der Waals surface area contributed by atoms with E-state index in [1.807, 2.05) is 0 Å². The van der Waals surface area contributed by atoms with Crippen molar-refractivity contribution in [2.45, 2.75) is 24.8 Å². The van der Waals surface area contributed by atoms with E-state index in [2.05, 4.69) is 0 Å². The van der Waals surface area contributed by atoms with Crippen LogP contribution in [0.3, 0.4) is 0 Å². The second kappa shape index (κ2) is 6.35. The van der Waals surface area contributed by atoms with E-state index in [-0.39, 0.29) is 5.54 Å². The largest absolute Gasteiger partial charge is 0.382 e. The third-order valence-corrected chi connectivity index (χ3v) is 2.66. The molecular weight excluding hydrogens is 182 g/mol. The lowest BCUT2D eigenvalue weighted by Crippen LogP contribution is -2.45. The second-order valence-corrected chi connectivity index (χ2v) is 3.83. The first-order valence-corrected chi connectivity index (χ1v) is 5.20. The summed E-state index contributed by atoms with van der Waals surface area (Å²) in [4.78, 5) is 0. The van der Waals surface area contributed by atoms with Gasteiger partial charge < -0.3 is 19.9 Å². The molecule has 0 aromatic carbocycles. The van der Waals surface area contributed by atoms with Gasteiger partial charge in [0.1, 0.15) is 0 Å². The number of hydrogen-bond donors (Lipinski definition) is 1. The average Bonchev–Trinajstić information content (AvgIpc) is 2.18. The molecule has 0 spiro atoms. The molecule has 0 amide bonds. The van der Waals surface area contributed by atoms with Gasteiger partial charge in [0.15, 0.2) is 0 Å². The number of methoxy groups -OCH3 is 1. The van der Waals surface area contributed by atoms with Gasteiger partial charge in [-0.25, -0.2) is 0 Å². The van der Waals surface area contributed by atoms with E-state index in [4.69, 9.17) is 19.9 Å². The van der Waals surface area contributed by atoms with E-state index in [0.717, 1.165) is 39.1 Å². The fourth-order valence-electron chi connectivity index (χ4n) is 1.55. The van der Waals surface area contributed by atoms with Gasteiger partial charge >= 0.3 is 0 Å². The van der Waals surface area contributed by atoms with Crippen LogP contribution < -0.4 is 5.73 Å². The smallest absolute Gasteiger partial charge is 0.0700 e. The van der Waals surface area contributed by atoms with Gasteiger partial charge in [0, 0.05) is 32.5 Å². The van der Waals surface area contributed by atoms with Crippen molar-refractivity contribution >= 4 is 0 Å². The third-order valence-electron chi connectivity index (χ3n) is 2.66. The van der Waals surface area contributed by atoms with Gasteiger partial charge in [0.05, 0.1) is 13.2 Å². The summed E-state index contributed by atoms with van der Waals surface area (Å²) < 4.78 is 15.5. The predicted octanol–water partition coefficient (Wildman–Crippen LogP) is 0.547. The molecule has 1 rings (SSSR count). The molecular formula is C10H21NO3. The van der Waals surface area contributed by atoms with Crippen LogP contribution in [0, 0.1) is 0 Å². The molecule has 0 saturated carbocycles. The zero-order valence-electron chi connectivity index (χ0n) is 8.96. The summed E-state index contributed by atoms with van der Waals surface area (Å²) in [6, 6.07) is 0. The minimum absolute atomic E-state index is 0.0642. The third kappa shape index (κ3) is 4.37. The molecule has 1 heterocycles. The highest BCUT2D eigenvalue weighted by Crippen LogP contribution is 2.21. The van der Waals surface area contributed by atoms with E-state index in [0.29, 0.717) is 13.2 Å². The van der Waals surface area contributed by atoms with Crippen LogP contribution >= 0.6 is 0 Å². The van der Waals surface area contributed by atoms with Crippen molar-refractivity contribution in [1.29, 1.82) is 0 Å². The lowest BCUT2D eigenvalue weighted by molar-refractivity contribution is 0.0241. The maximum absolute atomic E-state index is 6.18. The highest BCUT2D eigenvalue weighted by Gasteiger charge is 2.27. The Morgan fingerprint density at radius 1 is 1.21 bits per heavy atom. The first-order chi connectivity index (χ1) is 6.77. The molecule has 2 N–H and O–H groups in total. The fraction of sp³-hybridized carbons (Fsp3) is 1.00. The molecule has 0 radical (unpaired) electrons. The van der Waals surface area contributed by atoms with E-state index < -0.39 is 0 Å². The van der Waals surface area contributed by atoms with Crippen LogP contribution in [-0.2, 0) is 14.2 Å². The minimum atomic E-state index is -0.0642. The molecule has 0 atom stereocenters. The van der Waals surface area contributed by atoms with Gasteiger partial charge in [0.2, 0.25) is 0 Å². The number of ether oxygens (including phenoxy) is 3. The molecule has 0 aliphatic carbocycles. The molecule has 4 heteroatoms. The summed E-state index contributed by atoms with van der Waals surface area (Å²) in [6.07, 6.45) is 2.81. The summed E-state index contributed by atoms with van der Waals surface area (Å²) in [6.45, 7) is 3.60. The van der Waals surface area contributed by atoms with Gasteiger partial charge in [-0.15, -0.1) is 0 Å². The standard InChI is InChI=1S/C10H21NO3/c1-12-8-9-14-7-4-10(11)2-5-13-6-3-10/h2-9,11H2,1H3. The van der Waals surface area contributed by atoms with E-state index in [9.17, 15) is 0 Å². The van der Waals surface area contributed by atoms with E-state index in [1.165, 1.54) is 0 Å². The summed E-state index contributed by atoms with van der Waals surface area (Å²) in [5, 5.41) is 0. The topological polar surface area (TPSA) is 53.7 Å². The Kier molecular flexibility index (Phi) is 5.40. The van der Waals surface area contributed by atoms with Crippen LogP contribution in [0.15, 0.2) is 0 Å². The quantitative estimate of drug-likeness (QED) is 0.640. The number of nitrogens with two attached hydrogens (primary N) is 1. The Balaban J connectivity index is 2.03.